The highest BCUT2D eigenvalue weighted by Gasteiger charge is 2.50. The van der Waals surface area contributed by atoms with Crippen molar-refractivity contribution in [3.05, 3.63) is 0 Å². The Hall–Kier alpha value is 0.0738. The second-order valence-electron chi connectivity index (χ2n) is 8.12. The van der Waals surface area contributed by atoms with Crippen LogP contribution in [0.2, 0.25) is 0 Å². The number of unbranched alkanes of at least 4 members (excludes halogenated alkanes) is 4. The number of hydrogen-bond donors (Lipinski definition) is 1. The summed E-state index contributed by atoms with van der Waals surface area (Å²) >= 11 is 0. The molecular formula is C22H51NO8Si2. The van der Waals surface area contributed by atoms with Crippen molar-refractivity contribution in [3.8, 4) is 0 Å². The van der Waals surface area contributed by atoms with Gasteiger partial charge < -0.3 is 36.0 Å². The molecule has 0 spiro atoms. The minimum atomic E-state index is -2.97. The lowest BCUT2D eigenvalue weighted by Gasteiger charge is -2.36. The Morgan fingerprint density at radius 3 is 1.09 bits per heavy atom. The number of hydrogen-bond acceptors (Lipinski definition) is 9. The lowest BCUT2D eigenvalue weighted by atomic mass is 10.2. The van der Waals surface area contributed by atoms with Crippen LogP contribution >= 0.6 is 0 Å². The molecule has 4 unspecified atom stereocenters. The van der Waals surface area contributed by atoms with Gasteiger partial charge in [-0.2, -0.15) is 0 Å². The summed E-state index contributed by atoms with van der Waals surface area (Å²) in [6.45, 7) is 8.25. The van der Waals surface area contributed by atoms with Crippen LogP contribution in [0.25, 0.3) is 0 Å². The predicted octanol–water partition coefficient (Wildman–Crippen LogP) is 4.03. The molecule has 1 N–H and O–H groups in total. The van der Waals surface area contributed by atoms with Crippen molar-refractivity contribution in [1.82, 2.24) is 5.32 Å². The summed E-state index contributed by atoms with van der Waals surface area (Å²) in [5, 5.41) is 3.38. The maximum atomic E-state index is 6.36. The molecule has 0 amide bonds. The summed E-state index contributed by atoms with van der Waals surface area (Å²) in [6.07, 6.45) is 7.43. The van der Waals surface area contributed by atoms with Crippen molar-refractivity contribution < 1.29 is 36.0 Å². The molecule has 0 aromatic heterocycles. The average molecular weight is 514 g/mol. The largest absolute Gasteiger partial charge is 0.530 e. The first kappa shape index (κ1) is 33.1. The Morgan fingerprint density at radius 1 is 0.545 bits per heavy atom. The lowest BCUT2D eigenvalue weighted by molar-refractivity contribution is -0.0878. The first-order chi connectivity index (χ1) is 15.8. The standard InChI is InChI=1S/C22H51NO8Si2/c1-11-13-15-17-21(32(24-5,25-6)26-7)30-19(3)23-20(4)31-22(18-16-14-12-2)33(27-8,28-9)29-10/h19-23H,11-18H2,1-10H3. The third-order valence-electron chi connectivity index (χ3n) is 5.84. The predicted molar refractivity (Wildman–Crippen MR) is 134 cm³/mol. The molecule has 0 heterocycles. The molecule has 33 heavy (non-hydrogen) atoms. The van der Waals surface area contributed by atoms with Gasteiger partial charge in [-0.25, -0.2) is 0 Å². The van der Waals surface area contributed by atoms with E-state index in [9.17, 15) is 0 Å². The zero-order valence-corrected chi connectivity index (χ0v) is 24.7. The van der Waals surface area contributed by atoms with Gasteiger partial charge in [0.25, 0.3) is 0 Å². The smallest absolute Gasteiger partial charge is 0.375 e. The summed E-state index contributed by atoms with van der Waals surface area (Å²) in [5.41, 5.74) is -0.575. The Kier molecular flexibility index (Phi) is 18.4. The van der Waals surface area contributed by atoms with E-state index < -0.39 is 17.6 Å². The minimum absolute atomic E-state index is 0.288. The first-order valence-electron chi connectivity index (χ1n) is 12.2. The van der Waals surface area contributed by atoms with Gasteiger partial charge in [-0.05, 0) is 26.7 Å². The van der Waals surface area contributed by atoms with E-state index in [1.807, 2.05) is 13.8 Å². The van der Waals surface area contributed by atoms with E-state index in [1.54, 1.807) is 42.7 Å². The number of ether oxygens (including phenoxy) is 2. The third-order valence-corrected chi connectivity index (χ3v) is 11.7. The summed E-state index contributed by atoms with van der Waals surface area (Å²) in [6, 6.07) is 0. The first-order valence-corrected chi connectivity index (χ1v) is 15.8. The molecule has 4 atom stereocenters. The maximum absolute atomic E-state index is 6.36. The fourth-order valence-corrected chi connectivity index (χ4v) is 8.44. The Labute approximate surface area is 204 Å². The maximum Gasteiger partial charge on any atom is 0.530 e. The number of rotatable bonds is 22. The van der Waals surface area contributed by atoms with Crippen LogP contribution < -0.4 is 5.32 Å². The van der Waals surface area contributed by atoms with Gasteiger partial charge in [0.1, 0.15) is 23.9 Å². The van der Waals surface area contributed by atoms with E-state index >= 15 is 0 Å². The zero-order chi connectivity index (χ0) is 25.3. The monoisotopic (exact) mass is 513 g/mol. The molecule has 0 radical (unpaired) electrons. The molecule has 0 aromatic rings. The molecule has 0 aromatic carbocycles. The minimum Gasteiger partial charge on any atom is -0.375 e. The van der Waals surface area contributed by atoms with Crippen molar-refractivity contribution >= 4 is 17.6 Å². The van der Waals surface area contributed by atoms with E-state index in [1.165, 1.54) is 0 Å². The Morgan fingerprint density at radius 2 is 0.848 bits per heavy atom. The van der Waals surface area contributed by atoms with Crippen LogP contribution in [0.3, 0.4) is 0 Å². The molecule has 200 valence electrons. The van der Waals surface area contributed by atoms with Gasteiger partial charge in [0.05, 0.1) is 0 Å². The molecule has 0 aliphatic carbocycles. The second-order valence-corrected chi connectivity index (χ2v) is 14.3. The van der Waals surface area contributed by atoms with Crippen LogP contribution in [-0.2, 0) is 36.0 Å². The van der Waals surface area contributed by atoms with Crippen LogP contribution in [0.1, 0.15) is 79.1 Å². The van der Waals surface area contributed by atoms with Crippen molar-refractivity contribution in [3.63, 3.8) is 0 Å². The highest BCUT2D eigenvalue weighted by atomic mass is 28.4. The van der Waals surface area contributed by atoms with Crippen LogP contribution in [0.15, 0.2) is 0 Å². The fraction of sp³-hybridized carbons (Fsp3) is 1.00. The van der Waals surface area contributed by atoms with Crippen molar-refractivity contribution in [2.24, 2.45) is 0 Å². The van der Waals surface area contributed by atoms with E-state index in [2.05, 4.69) is 19.2 Å². The van der Waals surface area contributed by atoms with Crippen LogP contribution in [0.5, 0.6) is 0 Å². The summed E-state index contributed by atoms with van der Waals surface area (Å²) < 4.78 is 47.0. The molecule has 11 heteroatoms. The SMILES string of the molecule is CCCCCC(OC(C)NC(C)OC(CCCCC)[Si](OC)(OC)OC)[Si](OC)(OC)OC. The fourth-order valence-electron chi connectivity index (χ4n) is 4.01. The van der Waals surface area contributed by atoms with Crippen molar-refractivity contribution in [2.75, 3.05) is 42.7 Å². The Balaban J connectivity index is 5.29. The van der Waals surface area contributed by atoms with Gasteiger partial charge in [0, 0.05) is 42.7 Å². The summed E-state index contributed by atoms with van der Waals surface area (Å²) in [5.74, 6) is 0. The normalized spacial score (nSPS) is 16.5. The third kappa shape index (κ3) is 10.7. The topological polar surface area (TPSA) is 85.9 Å². The van der Waals surface area contributed by atoms with Gasteiger partial charge in [-0.3, -0.25) is 5.32 Å². The van der Waals surface area contributed by atoms with Crippen molar-refractivity contribution in [2.45, 2.75) is 103 Å². The van der Waals surface area contributed by atoms with E-state index in [0.717, 1.165) is 51.4 Å². The summed E-state index contributed by atoms with van der Waals surface area (Å²) in [7, 11) is 3.76. The van der Waals surface area contributed by atoms with Gasteiger partial charge in [0.15, 0.2) is 0 Å². The number of nitrogens with one attached hydrogen (secondary N) is 1. The van der Waals surface area contributed by atoms with Gasteiger partial charge in [-0.1, -0.05) is 52.4 Å². The molecule has 0 saturated heterocycles. The van der Waals surface area contributed by atoms with E-state index in [0.29, 0.717) is 0 Å². The van der Waals surface area contributed by atoms with Crippen LogP contribution in [-0.4, -0.2) is 84.2 Å². The Bertz CT molecular complexity index is 413. The summed E-state index contributed by atoms with van der Waals surface area (Å²) in [4.78, 5) is 0. The highest BCUT2D eigenvalue weighted by Crippen LogP contribution is 2.24. The lowest BCUT2D eigenvalue weighted by Crippen LogP contribution is -2.59. The van der Waals surface area contributed by atoms with Crippen LogP contribution in [0.4, 0.5) is 0 Å². The van der Waals surface area contributed by atoms with E-state index in [4.69, 9.17) is 36.0 Å². The van der Waals surface area contributed by atoms with Crippen LogP contribution in [0, 0.1) is 0 Å². The average Bonchev–Trinajstić information content (AvgIpc) is 2.81. The molecule has 0 saturated carbocycles. The second kappa shape index (κ2) is 18.4. The van der Waals surface area contributed by atoms with Gasteiger partial charge in [-0.15, -0.1) is 0 Å². The van der Waals surface area contributed by atoms with Crippen molar-refractivity contribution in [1.29, 1.82) is 0 Å². The van der Waals surface area contributed by atoms with Gasteiger partial charge in [0.2, 0.25) is 0 Å². The van der Waals surface area contributed by atoms with Gasteiger partial charge >= 0.3 is 17.6 Å². The molecule has 0 fully saturated rings. The highest BCUT2D eigenvalue weighted by molar-refractivity contribution is 6.62. The molecule has 0 aliphatic heterocycles. The molecule has 0 bridgehead atoms. The molecule has 0 aliphatic rings. The zero-order valence-electron chi connectivity index (χ0n) is 22.7. The molecular weight excluding hydrogens is 462 g/mol. The van der Waals surface area contributed by atoms with E-state index in [-0.39, 0.29) is 23.9 Å². The quantitative estimate of drug-likeness (QED) is 0.131. The molecule has 9 nitrogen and oxygen atoms in total. The molecule has 0 rings (SSSR count).